The smallest absolute Gasteiger partial charge is 0.269 e. The quantitative estimate of drug-likeness (QED) is 0.601. The first-order chi connectivity index (χ1) is 9.09. The highest BCUT2D eigenvalue weighted by Crippen LogP contribution is 2.35. The summed E-state index contributed by atoms with van der Waals surface area (Å²) in [6, 6.07) is 6.12. The molecule has 2 unspecified atom stereocenters. The third-order valence-corrected chi connectivity index (χ3v) is 3.99. The predicted molar refractivity (Wildman–Crippen MR) is 69.8 cm³/mol. The Morgan fingerprint density at radius 3 is 2.63 bits per heavy atom. The number of rotatable bonds is 2. The van der Waals surface area contributed by atoms with Crippen molar-refractivity contribution in [2.75, 3.05) is 11.4 Å². The molecular weight excluding hydrogens is 246 g/mol. The van der Waals surface area contributed by atoms with Gasteiger partial charge in [-0.15, -0.1) is 0 Å². The first-order valence-electron chi connectivity index (χ1n) is 6.43. The van der Waals surface area contributed by atoms with Gasteiger partial charge in [-0.2, -0.15) is 0 Å². The average molecular weight is 261 g/mol. The van der Waals surface area contributed by atoms with E-state index in [0.29, 0.717) is 0 Å². The molecule has 2 aliphatic heterocycles. The van der Waals surface area contributed by atoms with E-state index in [2.05, 4.69) is 4.90 Å². The topological polar surface area (TPSA) is 66.7 Å². The number of nitro benzene ring substituents is 1. The minimum Gasteiger partial charge on any atom is -0.295 e. The Kier molecular flexibility index (Phi) is 2.74. The summed E-state index contributed by atoms with van der Waals surface area (Å²) in [6.07, 6.45) is 2.17. The van der Waals surface area contributed by atoms with Gasteiger partial charge in [0.25, 0.3) is 5.69 Å². The molecule has 2 saturated heterocycles. The lowest BCUT2D eigenvalue weighted by atomic mass is 10.2. The summed E-state index contributed by atoms with van der Waals surface area (Å²) >= 11 is 0. The van der Waals surface area contributed by atoms with Crippen LogP contribution in [0.3, 0.4) is 0 Å². The lowest BCUT2D eigenvalue weighted by Gasteiger charge is -2.24. The van der Waals surface area contributed by atoms with E-state index in [1.165, 1.54) is 12.1 Å². The maximum atomic E-state index is 12.3. The van der Waals surface area contributed by atoms with Crippen molar-refractivity contribution in [1.82, 2.24) is 4.90 Å². The Labute approximate surface area is 110 Å². The van der Waals surface area contributed by atoms with Gasteiger partial charge < -0.3 is 0 Å². The van der Waals surface area contributed by atoms with Crippen LogP contribution in [0.2, 0.25) is 0 Å². The highest BCUT2D eigenvalue weighted by atomic mass is 16.6. The number of anilines is 1. The summed E-state index contributed by atoms with van der Waals surface area (Å²) in [5, 5.41) is 10.6. The molecule has 1 aromatic rings. The van der Waals surface area contributed by atoms with Crippen LogP contribution in [0.5, 0.6) is 0 Å². The van der Waals surface area contributed by atoms with Crippen LogP contribution in [0.4, 0.5) is 11.4 Å². The normalized spacial score (nSPS) is 26.8. The van der Waals surface area contributed by atoms with Crippen LogP contribution in [0.1, 0.15) is 19.8 Å². The van der Waals surface area contributed by atoms with Crippen LogP contribution in [0.15, 0.2) is 24.3 Å². The molecule has 6 nitrogen and oxygen atoms in total. The van der Waals surface area contributed by atoms with Crippen LogP contribution in [-0.2, 0) is 4.79 Å². The van der Waals surface area contributed by atoms with Gasteiger partial charge in [-0.3, -0.25) is 24.7 Å². The fraction of sp³-hybridized carbons (Fsp3) is 0.462. The van der Waals surface area contributed by atoms with E-state index < -0.39 is 4.92 Å². The second kappa shape index (κ2) is 4.31. The van der Waals surface area contributed by atoms with Gasteiger partial charge in [-0.05, 0) is 31.9 Å². The molecular formula is C13H15N3O3. The summed E-state index contributed by atoms with van der Waals surface area (Å²) < 4.78 is 0. The van der Waals surface area contributed by atoms with E-state index >= 15 is 0 Å². The standard InChI is InChI=1S/C13H15N3O3/c1-9-13(17)15(12-3-2-8-14(9)12)10-4-6-11(7-5-10)16(18)19/h4-7,9,12H,2-3,8H2,1H3. The van der Waals surface area contributed by atoms with Crippen LogP contribution in [-0.4, -0.2) is 34.5 Å². The van der Waals surface area contributed by atoms with Crippen molar-refractivity contribution in [2.24, 2.45) is 0 Å². The minimum atomic E-state index is -0.430. The van der Waals surface area contributed by atoms with Crippen molar-refractivity contribution >= 4 is 17.3 Å². The summed E-state index contributed by atoms with van der Waals surface area (Å²) in [5.74, 6) is 0.0820. The van der Waals surface area contributed by atoms with E-state index in [4.69, 9.17) is 0 Å². The van der Waals surface area contributed by atoms with Crippen LogP contribution < -0.4 is 4.90 Å². The molecule has 0 aromatic heterocycles. The molecule has 1 amide bonds. The molecule has 0 radical (unpaired) electrons. The van der Waals surface area contributed by atoms with E-state index in [-0.39, 0.29) is 23.8 Å². The van der Waals surface area contributed by atoms with Crippen molar-refractivity contribution in [3.63, 3.8) is 0 Å². The number of nitro groups is 1. The number of amides is 1. The zero-order valence-corrected chi connectivity index (χ0v) is 10.7. The molecule has 19 heavy (non-hydrogen) atoms. The van der Waals surface area contributed by atoms with Crippen LogP contribution >= 0.6 is 0 Å². The maximum absolute atomic E-state index is 12.3. The molecule has 1 aromatic carbocycles. The third-order valence-electron chi connectivity index (χ3n) is 3.99. The Morgan fingerprint density at radius 1 is 1.32 bits per heavy atom. The molecule has 0 aliphatic carbocycles. The van der Waals surface area contributed by atoms with Gasteiger partial charge in [0.1, 0.15) is 0 Å². The van der Waals surface area contributed by atoms with Crippen molar-refractivity contribution in [3.05, 3.63) is 34.4 Å². The first-order valence-corrected chi connectivity index (χ1v) is 6.43. The van der Waals surface area contributed by atoms with E-state index in [1.807, 2.05) is 6.92 Å². The monoisotopic (exact) mass is 261 g/mol. The summed E-state index contributed by atoms with van der Waals surface area (Å²) in [7, 11) is 0. The average Bonchev–Trinajstić information content (AvgIpc) is 2.95. The largest absolute Gasteiger partial charge is 0.295 e. The Morgan fingerprint density at radius 2 is 2.00 bits per heavy atom. The summed E-state index contributed by atoms with van der Waals surface area (Å²) in [6.45, 7) is 2.87. The molecule has 100 valence electrons. The maximum Gasteiger partial charge on any atom is 0.269 e. The summed E-state index contributed by atoms with van der Waals surface area (Å²) in [4.78, 5) is 26.5. The van der Waals surface area contributed by atoms with Gasteiger partial charge in [0, 0.05) is 24.4 Å². The van der Waals surface area contributed by atoms with Crippen molar-refractivity contribution in [2.45, 2.75) is 32.0 Å². The molecule has 0 saturated carbocycles. The van der Waals surface area contributed by atoms with Crippen LogP contribution in [0.25, 0.3) is 0 Å². The fourth-order valence-electron chi connectivity index (χ4n) is 3.02. The van der Waals surface area contributed by atoms with Crippen molar-refractivity contribution < 1.29 is 9.72 Å². The number of carbonyl (C=O) groups excluding carboxylic acids is 1. The van der Waals surface area contributed by atoms with Crippen molar-refractivity contribution in [1.29, 1.82) is 0 Å². The number of non-ortho nitro benzene ring substituents is 1. The number of hydrogen-bond donors (Lipinski definition) is 0. The molecule has 6 heteroatoms. The molecule has 2 atom stereocenters. The Hall–Kier alpha value is -1.95. The summed E-state index contributed by atoms with van der Waals surface area (Å²) in [5.41, 5.74) is 0.795. The SMILES string of the molecule is CC1C(=O)N(c2ccc([N+](=O)[O-])cc2)C2CCCN12. The molecule has 2 fully saturated rings. The molecule has 3 rings (SSSR count). The molecule has 0 N–H and O–H groups in total. The first kappa shape index (κ1) is 12.1. The number of carbonyl (C=O) groups is 1. The van der Waals surface area contributed by atoms with E-state index in [1.54, 1.807) is 17.0 Å². The second-order valence-electron chi connectivity index (χ2n) is 5.02. The molecule has 0 bridgehead atoms. The van der Waals surface area contributed by atoms with Gasteiger partial charge >= 0.3 is 0 Å². The molecule has 2 aliphatic rings. The van der Waals surface area contributed by atoms with Crippen molar-refractivity contribution in [3.8, 4) is 0 Å². The molecule has 0 spiro atoms. The van der Waals surface area contributed by atoms with Gasteiger partial charge in [0.15, 0.2) is 0 Å². The molecule has 2 heterocycles. The number of fused-ring (bicyclic) bond motifs is 1. The number of nitrogens with zero attached hydrogens (tertiary/aromatic N) is 3. The number of benzene rings is 1. The predicted octanol–water partition coefficient (Wildman–Crippen LogP) is 1.75. The third kappa shape index (κ3) is 1.79. The lowest BCUT2D eigenvalue weighted by molar-refractivity contribution is -0.384. The second-order valence-corrected chi connectivity index (χ2v) is 5.02. The minimum absolute atomic E-state index is 0.0479. The highest BCUT2D eigenvalue weighted by molar-refractivity contribution is 5.99. The van der Waals surface area contributed by atoms with Gasteiger partial charge in [-0.1, -0.05) is 0 Å². The Bertz CT molecular complexity index is 528. The zero-order chi connectivity index (χ0) is 13.6. The van der Waals surface area contributed by atoms with Gasteiger partial charge in [0.05, 0.1) is 17.1 Å². The Balaban J connectivity index is 1.92. The highest BCUT2D eigenvalue weighted by Gasteiger charge is 2.46. The lowest BCUT2D eigenvalue weighted by Crippen LogP contribution is -2.35. The van der Waals surface area contributed by atoms with Gasteiger partial charge in [0.2, 0.25) is 5.91 Å². The zero-order valence-electron chi connectivity index (χ0n) is 10.7. The van der Waals surface area contributed by atoms with Gasteiger partial charge in [-0.25, -0.2) is 0 Å². The fourth-order valence-corrected chi connectivity index (χ4v) is 3.02. The van der Waals surface area contributed by atoms with E-state index in [0.717, 1.165) is 25.1 Å². The number of hydrogen-bond acceptors (Lipinski definition) is 4. The van der Waals surface area contributed by atoms with Crippen LogP contribution in [0, 0.1) is 10.1 Å². The van der Waals surface area contributed by atoms with E-state index in [9.17, 15) is 14.9 Å².